The van der Waals surface area contributed by atoms with Gasteiger partial charge in [0.25, 0.3) is 0 Å². The van der Waals surface area contributed by atoms with Crippen LogP contribution in [0.1, 0.15) is 25.3 Å². The molecule has 0 bridgehead atoms. The summed E-state index contributed by atoms with van der Waals surface area (Å²) < 4.78 is 0. The number of rotatable bonds is 7. The van der Waals surface area contributed by atoms with Gasteiger partial charge < -0.3 is 9.88 Å². The number of para-hydroxylation sites is 1. The number of nitrogens with zero attached hydrogens (tertiary/aromatic N) is 1. The Kier molecular flexibility index (Phi) is 5.15. The molecule has 23 heavy (non-hydrogen) atoms. The van der Waals surface area contributed by atoms with Crippen LogP contribution < -0.4 is 4.90 Å². The largest absolute Gasteiger partial charge is 0.366 e. The SMILES string of the molecule is CCCCN(C/C=C/c1ccccc1)c1c[nH]c2ccccc12. The molecule has 0 saturated heterocycles. The van der Waals surface area contributed by atoms with Gasteiger partial charge >= 0.3 is 0 Å². The number of benzene rings is 2. The summed E-state index contributed by atoms with van der Waals surface area (Å²) in [6.07, 6.45) is 9.01. The van der Waals surface area contributed by atoms with Crippen LogP contribution in [0.25, 0.3) is 17.0 Å². The topological polar surface area (TPSA) is 19.0 Å². The van der Waals surface area contributed by atoms with Crippen molar-refractivity contribution in [2.24, 2.45) is 0 Å². The third kappa shape index (κ3) is 3.84. The van der Waals surface area contributed by atoms with Crippen LogP contribution in [0.4, 0.5) is 5.69 Å². The first-order chi connectivity index (χ1) is 11.4. The minimum atomic E-state index is 0.927. The number of anilines is 1. The molecule has 2 nitrogen and oxygen atoms in total. The Hall–Kier alpha value is -2.48. The molecule has 3 rings (SSSR count). The van der Waals surface area contributed by atoms with E-state index in [-0.39, 0.29) is 0 Å². The van der Waals surface area contributed by atoms with Gasteiger partial charge in [0.15, 0.2) is 0 Å². The summed E-state index contributed by atoms with van der Waals surface area (Å²) in [5, 5.41) is 1.30. The molecule has 1 heterocycles. The van der Waals surface area contributed by atoms with Crippen LogP contribution in [-0.2, 0) is 0 Å². The van der Waals surface area contributed by atoms with Gasteiger partial charge in [0, 0.05) is 30.2 Å². The van der Waals surface area contributed by atoms with Crippen LogP contribution in [0, 0.1) is 0 Å². The number of unbranched alkanes of at least 4 members (excludes halogenated alkanes) is 1. The minimum absolute atomic E-state index is 0.927. The first-order valence-corrected chi connectivity index (χ1v) is 8.41. The maximum atomic E-state index is 3.39. The summed E-state index contributed by atoms with van der Waals surface area (Å²) >= 11 is 0. The molecule has 2 heteroatoms. The van der Waals surface area contributed by atoms with Gasteiger partial charge in [-0.05, 0) is 18.1 Å². The predicted octanol–water partition coefficient (Wildman–Crippen LogP) is 5.49. The van der Waals surface area contributed by atoms with Gasteiger partial charge in [-0.15, -0.1) is 0 Å². The van der Waals surface area contributed by atoms with E-state index in [9.17, 15) is 0 Å². The van der Waals surface area contributed by atoms with E-state index in [0.717, 1.165) is 13.1 Å². The second-order valence-electron chi connectivity index (χ2n) is 5.83. The number of hydrogen-bond donors (Lipinski definition) is 1. The highest BCUT2D eigenvalue weighted by atomic mass is 15.1. The molecular weight excluding hydrogens is 280 g/mol. The Balaban J connectivity index is 1.79. The number of aromatic nitrogens is 1. The second kappa shape index (κ2) is 7.68. The van der Waals surface area contributed by atoms with Gasteiger partial charge in [0.05, 0.1) is 5.69 Å². The molecule has 3 aromatic rings. The van der Waals surface area contributed by atoms with Gasteiger partial charge in [-0.25, -0.2) is 0 Å². The summed E-state index contributed by atoms with van der Waals surface area (Å²) in [4.78, 5) is 5.85. The van der Waals surface area contributed by atoms with Crippen molar-refractivity contribution in [1.29, 1.82) is 0 Å². The zero-order chi connectivity index (χ0) is 15.9. The van der Waals surface area contributed by atoms with Crippen LogP contribution in [0.2, 0.25) is 0 Å². The van der Waals surface area contributed by atoms with Gasteiger partial charge in [0.2, 0.25) is 0 Å². The molecular formula is C21H24N2. The number of nitrogens with one attached hydrogen (secondary N) is 1. The Morgan fingerprint density at radius 1 is 1.00 bits per heavy atom. The zero-order valence-corrected chi connectivity index (χ0v) is 13.7. The Bertz CT molecular complexity index is 756. The maximum absolute atomic E-state index is 3.39. The van der Waals surface area contributed by atoms with Crippen molar-refractivity contribution in [3.05, 3.63) is 72.4 Å². The van der Waals surface area contributed by atoms with E-state index in [0.29, 0.717) is 0 Å². The number of hydrogen-bond acceptors (Lipinski definition) is 1. The van der Waals surface area contributed by atoms with Crippen LogP contribution in [-0.4, -0.2) is 18.1 Å². The summed E-state index contributed by atoms with van der Waals surface area (Å²) in [6, 6.07) is 19.0. The van der Waals surface area contributed by atoms with Crippen LogP contribution >= 0.6 is 0 Å². The molecule has 0 unspecified atom stereocenters. The molecule has 0 atom stereocenters. The fourth-order valence-electron chi connectivity index (χ4n) is 2.86. The molecule has 0 saturated carbocycles. The van der Waals surface area contributed by atoms with Gasteiger partial charge in [-0.1, -0.05) is 74.0 Å². The molecule has 2 aromatic carbocycles. The van der Waals surface area contributed by atoms with Crippen molar-refractivity contribution >= 4 is 22.7 Å². The second-order valence-corrected chi connectivity index (χ2v) is 5.83. The lowest BCUT2D eigenvalue weighted by molar-refractivity contribution is 0.748. The molecule has 1 N–H and O–H groups in total. The first kappa shape index (κ1) is 15.4. The van der Waals surface area contributed by atoms with E-state index in [1.807, 2.05) is 0 Å². The van der Waals surface area contributed by atoms with E-state index < -0.39 is 0 Å². The van der Waals surface area contributed by atoms with E-state index >= 15 is 0 Å². The Morgan fingerprint density at radius 3 is 2.61 bits per heavy atom. The lowest BCUT2D eigenvalue weighted by Crippen LogP contribution is -2.24. The maximum Gasteiger partial charge on any atom is 0.0626 e. The smallest absolute Gasteiger partial charge is 0.0626 e. The number of fused-ring (bicyclic) bond motifs is 1. The average Bonchev–Trinajstić information content (AvgIpc) is 3.03. The molecule has 0 aliphatic carbocycles. The zero-order valence-electron chi connectivity index (χ0n) is 13.7. The van der Waals surface area contributed by atoms with E-state index in [1.165, 1.54) is 35.0 Å². The van der Waals surface area contributed by atoms with Crippen LogP contribution in [0.5, 0.6) is 0 Å². The van der Waals surface area contributed by atoms with Crippen molar-refractivity contribution < 1.29 is 0 Å². The van der Waals surface area contributed by atoms with Crippen molar-refractivity contribution in [3.8, 4) is 0 Å². The predicted molar refractivity (Wildman–Crippen MR) is 101 cm³/mol. The average molecular weight is 304 g/mol. The molecule has 0 aliphatic heterocycles. The normalized spacial score (nSPS) is 11.3. The quantitative estimate of drug-likeness (QED) is 0.611. The molecule has 118 valence electrons. The monoisotopic (exact) mass is 304 g/mol. The molecule has 1 aromatic heterocycles. The lowest BCUT2D eigenvalue weighted by atomic mass is 10.2. The summed E-state index contributed by atoms with van der Waals surface area (Å²) in [7, 11) is 0. The first-order valence-electron chi connectivity index (χ1n) is 8.41. The minimum Gasteiger partial charge on any atom is -0.366 e. The molecule has 0 amide bonds. The van der Waals surface area contributed by atoms with Crippen molar-refractivity contribution in [2.45, 2.75) is 19.8 Å². The van der Waals surface area contributed by atoms with E-state index in [1.54, 1.807) is 0 Å². The molecule has 0 radical (unpaired) electrons. The van der Waals surface area contributed by atoms with E-state index in [2.05, 4.69) is 89.8 Å². The van der Waals surface area contributed by atoms with Gasteiger partial charge in [-0.3, -0.25) is 0 Å². The third-order valence-electron chi connectivity index (χ3n) is 4.13. The number of aromatic amines is 1. The highest BCUT2D eigenvalue weighted by Gasteiger charge is 2.09. The molecule has 0 spiro atoms. The number of H-pyrrole nitrogens is 1. The summed E-state index contributed by atoms with van der Waals surface area (Å²) in [5.41, 5.74) is 3.75. The van der Waals surface area contributed by atoms with Crippen LogP contribution in [0.15, 0.2) is 66.9 Å². The standard InChI is InChI=1S/C21H24N2/c1-2-3-15-23(16-9-12-18-10-5-4-6-11-18)21-17-22-20-14-8-7-13-19(20)21/h4-14,17,22H,2-3,15-16H2,1H3/b12-9+. The third-order valence-corrected chi connectivity index (χ3v) is 4.13. The van der Waals surface area contributed by atoms with Crippen molar-refractivity contribution in [2.75, 3.05) is 18.0 Å². The van der Waals surface area contributed by atoms with Crippen molar-refractivity contribution in [1.82, 2.24) is 4.98 Å². The van der Waals surface area contributed by atoms with Gasteiger partial charge in [0.1, 0.15) is 0 Å². The van der Waals surface area contributed by atoms with Crippen molar-refractivity contribution in [3.63, 3.8) is 0 Å². The Morgan fingerprint density at radius 2 is 1.78 bits per heavy atom. The van der Waals surface area contributed by atoms with Gasteiger partial charge in [-0.2, -0.15) is 0 Å². The van der Waals surface area contributed by atoms with Crippen LogP contribution in [0.3, 0.4) is 0 Å². The summed E-state index contributed by atoms with van der Waals surface area (Å²) in [5.74, 6) is 0. The molecule has 0 fully saturated rings. The lowest BCUT2D eigenvalue weighted by Gasteiger charge is -2.22. The Labute approximate surface area is 138 Å². The summed E-state index contributed by atoms with van der Waals surface area (Å²) in [6.45, 7) is 4.25. The van der Waals surface area contributed by atoms with E-state index in [4.69, 9.17) is 0 Å². The molecule has 0 aliphatic rings. The fourth-order valence-corrected chi connectivity index (χ4v) is 2.86. The highest BCUT2D eigenvalue weighted by molar-refractivity contribution is 5.92. The fraction of sp³-hybridized carbons (Fsp3) is 0.238. The highest BCUT2D eigenvalue weighted by Crippen LogP contribution is 2.26.